The quantitative estimate of drug-likeness (QED) is 0.391. The monoisotopic (exact) mass is 440 g/mol. The van der Waals surface area contributed by atoms with Crippen molar-refractivity contribution in [3.05, 3.63) is 83.3 Å². The number of halogens is 3. The molecule has 2 aromatic heterocycles. The van der Waals surface area contributed by atoms with Gasteiger partial charge in [0, 0.05) is 24.6 Å². The largest absolute Gasteiger partial charge is 0.416 e. The second-order valence-corrected chi connectivity index (χ2v) is 7.98. The Morgan fingerprint density at radius 3 is 2.25 bits per heavy atom. The maximum absolute atomic E-state index is 12.9. The number of carbonyl (C=O) groups excluding carboxylic acids is 2. The highest BCUT2D eigenvalue weighted by Crippen LogP contribution is 2.31. The molecule has 0 saturated carbocycles. The van der Waals surface area contributed by atoms with Crippen LogP contribution in [0, 0.1) is 5.92 Å². The number of nitrogens with zero attached hydrogens (tertiary/aromatic N) is 2. The van der Waals surface area contributed by atoms with E-state index >= 15 is 0 Å². The van der Waals surface area contributed by atoms with Crippen LogP contribution in [0.15, 0.2) is 60.8 Å². The first kappa shape index (κ1) is 23.3. The molecule has 0 radical (unpaired) electrons. The van der Waals surface area contributed by atoms with Crippen molar-refractivity contribution < 1.29 is 22.8 Å². The normalized spacial score (nSPS) is 11.6. The molecule has 0 aliphatic heterocycles. The van der Waals surface area contributed by atoms with Gasteiger partial charge in [-0.3, -0.25) is 14.6 Å². The summed E-state index contributed by atoms with van der Waals surface area (Å²) in [5, 5.41) is 0. The fourth-order valence-electron chi connectivity index (χ4n) is 3.20. The lowest BCUT2D eigenvalue weighted by atomic mass is 10.0. The van der Waals surface area contributed by atoms with Gasteiger partial charge >= 0.3 is 6.18 Å². The maximum Gasteiger partial charge on any atom is 0.416 e. The molecule has 2 heterocycles. The van der Waals surface area contributed by atoms with Crippen molar-refractivity contribution in [1.29, 1.82) is 0 Å². The Kier molecular flexibility index (Phi) is 7.18. The van der Waals surface area contributed by atoms with E-state index in [1.54, 1.807) is 42.6 Å². The van der Waals surface area contributed by atoms with Gasteiger partial charge in [-0.15, -0.1) is 0 Å². The molecular weight excluding hydrogens is 417 g/mol. The van der Waals surface area contributed by atoms with E-state index in [4.69, 9.17) is 0 Å². The minimum absolute atomic E-state index is 0.0935. The first-order valence-electron chi connectivity index (χ1n) is 10.3. The molecule has 32 heavy (non-hydrogen) atoms. The maximum atomic E-state index is 12.9. The van der Waals surface area contributed by atoms with Gasteiger partial charge in [-0.1, -0.05) is 38.1 Å². The number of hydrogen-bond acceptors (Lipinski definition) is 4. The van der Waals surface area contributed by atoms with Gasteiger partial charge in [-0.05, 0) is 48.2 Å². The van der Waals surface area contributed by atoms with E-state index in [-0.39, 0.29) is 35.3 Å². The van der Waals surface area contributed by atoms with Crippen LogP contribution in [0.4, 0.5) is 13.2 Å². The van der Waals surface area contributed by atoms with Crippen molar-refractivity contribution in [2.75, 3.05) is 0 Å². The van der Waals surface area contributed by atoms with Gasteiger partial charge in [0.25, 0.3) is 0 Å². The number of carbonyl (C=O) groups is 2. The summed E-state index contributed by atoms with van der Waals surface area (Å²) in [6.07, 6.45) is -1.91. The van der Waals surface area contributed by atoms with Crippen molar-refractivity contribution in [1.82, 2.24) is 9.97 Å². The summed E-state index contributed by atoms with van der Waals surface area (Å²) in [6.45, 7) is 3.89. The average molecular weight is 440 g/mol. The van der Waals surface area contributed by atoms with E-state index in [1.165, 1.54) is 6.07 Å². The van der Waals surface area contributed by atoms with Crippen molar-refractivity contribution >= 4 is 11.6 Å². The Morgan fingerprint density at radius 1 is 0.938 bits per heavy atom. The first-order valence-corrected chi connectivity index (χ1v) is 10.3. The third kappa shape index (κ3) is 6.09. The zero-order valence-corrected chi connectivity index (χ0v) is 17.8. The van der Waals surface area contributed by atoms with E-state index in [1.807, 2.05) is 13.8 Å². The fourth-order valence-corrected chi connectivity index (χ4v) is 3.20. The number of ketones is 2. The number of pyridine rings is 2. The lowest BCUT2D eigenvalue weighted by Crippen LogP contribution is -2.10. The topological polar surface area (TPSA) is 59.9 Å². The van der Waals surface area contributed by atoms with E-state index in [0.717, 1.165) is 17.7 Å². The molecule has 4 nitrogen and oxygen atoms in total. The minimum Gasteiger partial charge on any atom is -0.292 e. The number of Topliss-reactive ketones (excluding diaryl/α,β-unsaturated/α-hetero) is 2. The molecule has 0 fully saturated rings. The van der Waals surface area contributed by atoms with Crippen LogP contribution in [0.5, 0.6) is 0 Å². The van der Waals surface area contributed by atoms with Crippen LogP contribution in [-0.2, 0) is 12.6 Å². The van der Waals surface area contributed by atoms with Gasteiger partial charge in [-0.2, -0.15) is 13.2 Å². The van der Waals surface area contributed by atoms with Gasteiger partial charge in [0.05, 0.1) is 11.3 Å². The van der Waals surface area contributed by atoms with E-state index in [0.29, 0.717) is 24.1 Å². The molecule has 0 aliphatic carbocycles. The van der Waals surface area contributed by atoms with Crippen LogP contribution in [-0.4, -0.2) is 21.5 Å². The predicted molar refractivity (Wildman–Crippen MR) is 115 cm³/mol. The predicted octanol–water partition coefficient (Wildman–Crippen LogP) is 6.21. The summed E-state index contributed by atoms with van der Waals surface area (Å²) < 4.78 is 38.7. The van der Waals surface area contributed by atoms with Crippen LogP contribution in [0.25, 0.3) is 11.3 Å². The zero-order chi connectivity index (χ0) is 23.3. The number of aryl methyl sites for hydroxylation is 1. The Hall–Kier alpha value is -3.35. The lowest BCUT2D eigenvalue weighted by Gasteiger charge is -2.09. The van der Waals surface area contributed by atoms with Crippen LogP contribution >= 0.6 is 0 Å². The second-order valence-electron chi connectivity index (χ2n) is 7.98. The standard InChI is InChI=1S/C25H23F3N2O2/c1-16(2)13-24(32)22-8-4-7-21(30-22)23(31)12-10-17-9-11-20(29-15-17)18-5-3-6-19(14-18)25(26,27)28/h3-9,11,14-16H,10,12-13H2,1-2H3. The summed E-state index contributed by atoms with van der Waals surface area (Å²) in [5.41, 5.74) is 1.37. The minimum atomic E-state index is -4.42. The SMILES string of the molecule is CC(C)CC(=O)c1cccc(C(=O)CCc2ccc(-c3cccc(C(F)(F)F)c3)nc2)n1. The molecule has 0 N–H and O–H groups in total. The Balaban J connectivity index is 1.65. The van der Waals surface area contributed by atoms with Crippen molar-refractivity contribution in [2.24, 2.45) is 5.92 Å². The zero-order valence-electron chi connectivity index (χ0n) is 17.8. The van der Waals surface area contributed by atoms with Crippen LogP contribution in [0.2, 0.25) is 0 Å². The summed E-state index contributed by atoms with van der Waals surface area (Å²) >= 11 is 0. The van der Waals surface area contributed by atoms with Crippen LogP contribution < -0.4 is 0 Å². The van der Waals surface area contributed by atoms with E-state index in [9.17, 15) is 22.8 Å². The Labute approximate surface area is 184 Å². The van der Waals surface area contributed by atoms with Gasteiger partial charge in [0.15, 0.2) is 11.6 Å². The molecule has 1 aromatic carbocycles. The number of benzene rings is 1. The molecule has 166 valence electrons. The summed E-state index contributed by atoms with van der Waals surface area (Å²) in [5.74, 6) is -0.0785. The van der Waals surface area contributed by atoms with Crippen LogP contribution in [0.1, 0.15) is 58.8 Å². The van der Waals surface area contributed by atoms with E-state index in [2.05, 4.69) is 9.97 Å². The highest BCUT2D eigenvalue weighted by molar-refractivity contribution is 5.98. The summed E-state index contributed by atoms with van der Waals surface area (Å²) in [7, 11) is 0. The number of alkyl halides is 3. The van der Waals surface area contributed by atoms with Gasteiger partial charge in [0.2, 0.25) is 0 Å². The highest BCUT2D eigenvalue weighted by Gasteiger charge is 2.30. The Morgan fingerprint density at radius 2 is 1.62 bits per heavy atom. The lowest BCUT2D eigenvalue weighted by molar-refractivity contribution is -0.137. The molecule has 0 aliphatic rings. The van der Waals surface area contributed by atoms with E-state index < -0.39 is 11.7 Å². The molecule has 0 bridgehead atoms. The molecular formula is C25H23F3N2O2. The number of rotatable bonds is 8. The third-order valence-electron chi connectivity index (χ3n) is 4.87. The second kappa shape index (κ2) is 9.85. The van der Waals surface area contributed by atoms with Crippen molar-refractivity contribution in [3.8, 4) is 11.3 Å². The van der Waals surface area contributed by atoms with Crippen molar-refractivity contribution in [2.45, 2.75) is 39.3 Å². The molecule has 0 atom stereocenters. The van der Waals surface area contributed by atoms with Crippen LogP contribution in [0.3, 0.4) is 0 Å². The third-order valence-corrected chi connectivity index (χ3v) is 4.87. The fraction of sp³-hybridized carbons (Fsp3) is 0.280. The number of aromatic nitrogens is 2. The van der Waals surface area contributed by atoms with Gasteiger partial charge < -0.3 is 0 Å². The molecule has 3 rings (SSSR count). The van der Waals surface area contributed by atoms with Gasteiger partial charge in [0.1, 0.15) is 11.4 Å². The summed E-state index contributed by atoms with van der Waals surface area (Å²) in [4.78, 5) is 33.2. The average Bonchev–Trinajstić information content (AvgIpc) is 2.77. The highest BCUT2D eigenvalue weighted by atomic mass is 19.4. The molecule has 0 amide bonds. The Bertz CT molecular complexity index is 1110. The first-order chi connectivity index (χ1) is 15.1. The molecule has 7 heteroatoms. The number of hydrogen-bond donors (Lipinski definition) is 0. The van der Waals surface area contributed by atoms with Crippen molar-refractivity contribution in [3.63, 3.8) is 0 Å². The molecule has 0 spiro atoms. The smallest absolute Gasteiger partial charge is 0.292 e. The van der Waals surface area contributed by atoms with Gasteiger partial charge in [-0.25, -0.2) is 4.98 Å². The molecule has 3 aromatic rings. The molecule has 0 unspecified atom stereocenters. The summed E-state index contributed by atoms with van der Waals surface area (Å²) in [6, 6.07) is 13.2. The molecule has 0 saturated heterocycles.